The Hall–Kier alpha value is -2.77. The van der Waals surface area contributed by atoms with Crippen LogP contribution in [0.2, 0.25) is 0 Å². The number of primary amides is 1. The summed E-state index contributed by atoms with van der Waals surface area (Å²) in [6.07, 6.45) is 1.58. The van der Waals surface area contributed by atoms with E-state index in [0.717, 1.165) is 6.42 Å². The Labute approximate surface area is 132 Å². The standard InChI is InChI=1S/C15H18N2O6/c1-22-11-7-9(3-4-10(11)23-8-12(16)18)13(19)17-15(14(20)21)5-2-6-15/h3-4,7H,2,5-6,8H2,1H3,(H2,16,18)(H,17,19)(H,20,21). The van der Waals surface area contributed by atoms with Gasteiger partial charge in [0.1, 0.15) is 5.54 Å². The van der Waals surface area contributed by atoms with Gasteiger partial charge in [-0.05, 0) is 37.5 Å². The van der Waals surface area contributed by atoms with Gasteiger partial charge in [0.15, 0.2) is 18.1 Å². The molecule has 1 aromatic carbocycles. The van der Waals surface area contributed by atoms with E-state index in [0.29, 0.717) is 12.8 Å². The van der Waals surface area contributed by atoms with E-state index in [1.165, 1.54) is 25.3 Å². The van der Waals surface area contributed by atoms with Crippen molar-refractivity contribution in [1.29, 1.82) is 0 Å². The summed E-state index contributed by atoms with van der Waals surface area (Å²) < 4.78 is 10.3. The van der Waals surface area contributed by atoms with E-state index in [-0.39, 0.29) is 23.7 Å². The van der Waals surface area contributed by atoms with Crippen molar-refractivity contribution >= 4 is 17.8 Å². The largest absolute Gasteiger partial charge is 0.493 e. The van der Waals surface area contributed by atoms with Gasteiger partial charge in [0, 0.05) is 5.56 Å². The fraction of sp³-hybridized carbons (Fsp3) is 0.400. The summed E-state index contributed by atoms with van der Waals surface area (Å²) in [7, 11) is 1.39. The van der Waals surface area contributed by atoms with Crippen molar-refractivity contribution < 1.29 is 29.0 Å². The zero-order chi connectivity index (χ0) is 17.0. The topological polar surface area (TPSA) is 128 Å². The van der Waals surface area contributed by atoms with Crippen LogP contribution >= 0.6 is 0 Å². The van der Waals surface area contributed by atoms with Crippen LogP contribution in [0.1, 0.15) is 29.6 Å². The number of rotatable bonds is 7. The maximum Gasteiger partial charge on any atom is 0.329 e. The number of carbonyl (C=O) groups excluding carboxylic acids is 2. The number of amides is 2. The number of benzene rings is 1. The molecule has 1 saturated carbocycles. The Balaban J connectivity index is 2.14. The predicted molar refractivity (Wildman–Crippen MR) is 79.4 cm³/mol. The third-order valence-corrected chi connectivity index (χ3v) is 3.77. The molecule has 1 aliphatic rings. The Morgan fingerprint density at radius 3 is 2.48 bits per heavy atom. The van der Waals surface area contributed by atoms with Crippen LogP contribution in [0, 0.1) is 0 Å². The van der Waals surface area contributed by atoms with Crippen molar-refractivity contribution in [2.75, 3.05) is 13.7 Å². The third-order valence-electron chi connectivity index (χ3n) is 3.77. The quantitative estimate of drug-likeness (QED) is 0.662. The Morgan fingerprint density at radius 2 is 2.00 bits per heavy atom. The van der Waals surface area contributed by atoms with Crippen LogP contribution in [0.3, 0.4) is 0 Å². The van der Waals surface area contributed by atoms with Gasteiger partial charge in [0.25, 0.3) is 11.8 Å². The zero-order valence-electron chi connectivity index (χ0n) is 12.6. The molecule has 23 heavy (non-hydrogen) atoms. The maximum atomic E-state index is 12.3. The average Bonchev–Trinajstić information content (AvgIpc) is 2.47. The molecule has 4 N–H and O–H groups in total. The van der Waals surface area contributed by atoms with Crippen LogP contribution in [0.4, 0.5) is 0 Å². The molecule has 0 spiro atoms. The lowest BCUT2D eigenvalue weighted by atomic mass is 9.76. The van der Waals surface area contributed by atoms with Crippen LogP contribution in [0.25, 0.3) is 0 Å². The van der Waals surface area contributed by atoms with Crippen LogP contribution < -0.4 is 20.5 Å². The summed E-state index contributed by atoms with van der Waals surface area (Å²) in [5.41, 5.74) is 4.05. The monoisotopic (exact) mass is 322 g/mol. The molecule has 1 aromatic rings. The molecule has 0 bridgehead atoms. The fourth-order valence-electron chi connectivity index (χ4n) is 2.29. The van der Waals surface area contributed by atoms with Gasteiger partial charge < -0.3 is 25.6 Å². The van der Waals surface area contributed by atoms with Gasteiger partial charge in [-0.1, -0.05) is 0 Å². The fourth-order valence-corrected chi connectivity index (χ4v) is 2.29. The van der Waals surface area contributed by atoms with Crippen molar-refractivity contribution in [3.05, 3.63) is 23.8 Å². The number of ether oxygens (including phenoxy) is 2. The van der Waals surface area contributed by atoms with Crippen molar-refractivity contribution in [2.45, 2.75) is 24.8 Å². The van der Waals surface area contributed by atoms with Crippen LogP contribution in [-0.4, -0.2) is 42.1 Å². The molecular weight excluding hydrogens is 304 g/mol. The van der Waals surface area contributed by atoms with Crippen molar-refractivity contribution in [3.63, 3.8) is 0 Å². The highest BCUT2D eigenvalue weighted by Crippen LogP contribution is 2.33. The Kier molecular flexibility index (Phi) is 4.73. The highest BCUT2D eigenvalue weighted by molar-refractivity contribution is 5.98. The van der Waals surface area contributed by atoms with Gasteiger partial charge in [0.05, 0.1) is 7.11 Å². The summed E-state index contributed by atoms with van der Waals surface area (Å²) >= 11 is 0. The number of carboxylic acids is 1. The van der Waals surface area contributed by atoms with E-state index in [9.17, 15) is 19.5 Å². The zero-order valence-corrected chi connectivity index (χ0v) is 12.6. The summed E-state index contributed by atoms with van der Waals surface area (Å²) in [6.45, 7) is -0.315. The molecule has 8 heteroatoms. The second-order valence-corrected chi connectivity index (χ2v) is 5.32. The molecule has 2 rings (SSSR count). The van der Waals surface area contributed by atoms with Crippen LogP contribution in [0.15, 0.2) is 18.2 Å². The molecule has 0 saturated heterocycles. The minimum atomic E-state index is -1.19. The van der Waals surface area contributed by atoms with Gasteiger partial charge in [-0.3, -0.25) is 9.59 Å². The van der Waals surface area contributed by atoms with Crippen LogP contribution in [0.5, 0.6) is 11.5 Å². The lowest BCUT2D eigenvalue weighted by molar-refractivity contribution is -0.148. The smallest absolute Gasteiger partial charge is 0.329 e. The first-order valence-electron chi connectivity index (χ1n) is 7.03. The second-order valence-electron chi connectivity index (χ2n) is 5.32. The molecule has 1 aliphatic carbocycles. The number of nitrogens with two attached hydrogens (primary N) is 1. The normalized spacial score (nSPS) is 15.2. The van der Waals surface area contributed by atoms with Gasteiger partial charge in [0.2, 0.25) is 0 Å². The maximum absolute atomic E-state index is 12.3. The second kappa shape index (κ2) is 6.55. The van der Waals surface area contributed by atoms with E-state index >= 15 is 0 Å². The lowest BCUT2D eigenvalue weighted by Gasteiger charge is -2.38. The first-order chi connectivity index (χ1) is 10.9. The predicted octanol–water partition coefficient (Wildman–Crippen LogP) is 0.296. The Morgan fingerprint density at radius 1 is 1.30 bits per heavy atom. The van der Waals surface area contributed by atoms with E-state index in [4.69, 9.17) is 15.2 Å². The molecule has 0 unspecified atom stereocenters. The molecule has 0 atom stereocenters. The minimum Gasteiger partial charge on any atom is -0.493 e. The summed E-state index contributed by atoms with van der Waals surface area (Å²) in [5.74, 6) is -1.67. The molecule has 2 amide bonds. The molecule has 1 fully saturated rings. The first kappa shape index (κ1) is 16.6. The first-order valence-corrected chi connectivity index (χ1v) is 7.03. The molecule has 0 heterocycles. The molecule has 0 radical (unpaired) electrons. The number of methoxy groups -OCH3 is 1. The van der Waals surface area contributed by atoms with Gasteiger partial charge >= 0.3 is 5.97 Å². The van der Waals surface area contributed by atoms with Gasteiger partial charge in [-0.15, -0.1) is 0 Å². The molecular formula is C15H18N2O6. The third kappa shape index (κ3) is 3.53. The molecule has 124 valence electrons. The van der Waals surface area contributed by atoms with E-state index < -0.39 is 23.3 Å². The lowest BCUT2D eigenvalue weighted by Crippen LogP contribution is -2.59. The molecule has 0 aromatic heterocycles. The van der Waals surface area contributed by atoms with Gasteiger partial charge in [-0.25, -0.2) is 4.79 Å². The number of hydrogen-bond donors (Lipinski definition) is 3. The summed E-state index contributed by atoms with van der Waals surface area (Å²) in [5, 5.41) is 11.8. The molecule has 8 nitrogen and oxygen atoms in total. The highest BCUT2D eigenvalue weighted by atomic mass is 16.5. The number of nitrogens with one attached hydrogen (secondary N) is 1. The van der Waals surface area contributed by atoms with Crippen LogP contribution in [-0.2, 0) is 9.59 Å². The van der Waals surface area contributed by atoms with E-state index in [2.05, 4.69) is 5.32 Å². The van der Waals surface area contributed by atoms with E-state index in [1.807, 2.05) is 0 Å². The number of carboxylic acid groups (broad SMARTS) is 1. The Bertz CT molecular complexity index is 639. The summed E-state index contributed by atoms with van der Waals surface area (Å²) in [6, 6.07) is 4.34. The number of carbonyl (C=O) groups is 3. The number of hydrogen-bond acceptors (Lipinski definition) is 5. The van der Waals surface area contributed by atoms with Crippen molar-refractivity contribution in [2.24, 2.45) is 5.73 Å². The number of aliphatic carboxylic acids is 1. The highest BCUT2D eigenvalue weighted by Gasteiger charge is 2.45. The molecule has 0 aliphatic heterocycles. The minimum absolute atomic E-state index is 0.237. The summed E-state index contributed by atoms with van der Waals surface area (Å²) in [4.78, 5) is 34.3. The van der Waals surface area contributed by atoms with Crippen molar-refractivity contribution in [3.8, 4) is 11.5 Å². The SMILES string of the molecule is COc1cc(C(=O)NC2(C(=O)O)CCC2)ccc1OCC(N)=O. The van der Waals surface area contributed by atoms with Crippen molar-refractivity contribution in [1.82, 2.24) is 5.32 Å². The average molecular weight is 322 g/mol. The van der Waals surface area contributed by atoms with E-state index in [1.54, 1.807) is 0 Å². The van der Waals surface area contributed by atoms with Gasteiger partial charge in [-0.2, -0.15) is 0 Å².